The lowest BCUT2D eigenvalue weighted by atomic mass is 10.1. The predicted molar refractivity (Wildman–Crippen MR) is 75.7 cm³/mol. The van der Waals surface area contributed by atoms with Gasteiger partial charge in [0.2, 0.25) is 0 Å². The molecule has 5 nitrogen and oxygen atoms in total. The molecule has 0 aliphatic carbocycles. The maximum absolute atomic E-state index is 12.1. The van der Waals surface area contributed by atoms with E-state index in [0.717, 1.165) is 12.1 Å². The third-order valence-electron chi connectivity index (χ3n) is 2.75. The van der Waals surface area contributed by atoms with Crippen LogP contribution >= 0.6 is 11.6 Å². The van der Waals surface area contributed by atoms with Crippen molar-refractivity contribution in [2.75, 3.05) is 5.32 Å². The van der Waals surface area contributed by atoms with Gasteiger partial charge in [-0.15, -0.1) is 13.2 Å². The summed E-state index contributed by atoms with van der Waals surface area (Å²) in [6.07, 6.45) is -2.87. The standard InChI is InChI=1S/C13H11ClF3N3O2/c1-12(14)10(6-21)11(18-7-19-12)20-8-2-4-9(5-3-8)22-13(15,16)17/h2-7,20H,1H3,(H,18,19). The number of anilines is 1. The number of aliphatic imine (C=N–C) groups is 1. The Morgan fingerprint density at radius 3 is 2.55 bits per heavy atom. The van der Waals surface area contributed by atoms with Gasteiger partial charge in [0.25, 0.3) is 0 Å². The van der Waals surface area contributed by atoms with Crippen molar-refractivity contribution in [3.63, 3.8) is 0 Å². The average Bonchev–Trinajstić information content (AvgIpc) is 2.39. The molecule has 0 saturated carbocycles. The summed E-state index contributed by atoms with van der Waals surface area (Å²) in [5, 5.41) is 5.58. The summed E-state index contributed by atoms with van der Waals surface area (Å²) in [4.78, 5) is 13.8. The van der Waals surface area contributed by atoms with Crippen LogP contribution in [-0.2, 0) is 4.79 Å². The Morgan fingerprint density at radius 2 is 2.00 bits per heavy atom. The van der Waals surface area contributed by atoms with Crippen molar-refractivity contribution in [1.29, 1.82) is 0 Å². The maximum atomic E-state index is 12.1. The number of nitrogens with zero attached hydrogens (tertiary/aromatic N) is 1. The second kappa shape index (κ2) is 5.88. The van der Waals surface area contributed by atoms with Crippen LogP contribution < -0.4 is 15.4 Å². The number of carbonyl (C=O) groups excluding carboxylic acids is 1. The second-order valence-electron chi connectivity index (χ2n) is 4.46. The van der Waals surface area contributed by atoms with Crippen LogP contribution in [0.25, 0.3) is 0 Å². The fourth-order valence-corrected chi connectivity index (χ4v) is 1.94. The zero-order chi connectivity index (χ0) is 16.4. The summed E-state index contributed by atoms with van der Waals surface area (Å²) in [6.45, 7) is 1.54. The van der Waals surface area contributed by atoms with E-state index in [2.05, 4.69) is 20.4 Å². The number of alkyl halides is 4. The zero-order valence-electron chi connectivity index (χ0n) is 11.2. The van der Waals surface area contributed by atoms with E-state index in [-0.39, 0.29) is 11.3 Å². The van der Waals surface area contributed by atoms with E-state index < -0.39 is 11.4 Å². The lowest BCUT2D eigenvalue weighted by Gasteiger charge is -2.25. The molecule has 118 valence electrons. The molecule has 9 heteroatoms. The summed E-state index contributed by atoms with van der Waals surface area (Å²) in [5.41, 5.74) is 0.617. The van der Waals surface area contributed by atoms with Gasteiger partial charge in [0.15, 0.2) is 11.3 Å². The van der Waals surface area contributed by atoms with Gasteiger partial charge in [-0.3, -0.25) is 4.79 Å². The first-order valence-electron chi connectivity index (χ1n) is 6.03. The lowest BCUT2D eigenvalue weighted by molar-refractivity contribution is -0.274. The number of hydrogen-bond donors (Lipinski definition) is 2. The molecule has 1 aliphatic rings. The van der Waals surface area contributed by atoms with Gasteiger partial charge in [-0.05, 0) is 31.2 Å². The normalized spacial score (nSPS) is 21.3. The van der Waals surface area contributed by atoms with Crippen LogP contribution in [0.5, 0.6) is 5.75 Å². The highest BCUT2D eigenvalue weighted by Gasteiger charge is 2.32. The van der Waals surface area contributed by atoms with Crippen molar-refractivity contribution >= 4 is 29.9 Å². The molecule has 1 aromatic rings. The second-order valence-corrected chi connectivity index (χ2v) is 5.20. The fraction of sp³-hybridized carbons (Fsp3) is 0.231. The molecule has 0 amide bonds. The van der Waals surface area contributed by atoms with Crippen LogP contribution in [0.15, 0.2) is 40.7 Å². The number of ether oxygens (including phenoxy) is 1. The van der Waals surface area contributed by atoms with Crippen LogP contribution in [0.2, 0.25) is 0 Å². The van der Waals surface area contributed by atoms with Crippen molar-refractivity contribution in [2.24, 2.45) is 4.99 Å². The topological polar surface area (TPSA) is 62.7 Å². The molecule has 1 atom stereocenters. The molecule has 0 fully saturated rings. The van der Waals surface area contributed by atoms with Gasteiger partial charge in [0.1, 0.15) is 11.6 Å². The molecule has 1 aliphatic heterocycles. The van der Waals surface area contributed by atoms with Gasteiger partial charge in [-0.25, -0.2) is 4.99 Å². The van der Waals surface area contributed by atoms with E-state index >= 15 is 0 Å². The Kier molecular flexibility index (Phi) is 4.32. The highest BCUT2D eigenvalue weighted by Crippen LogP contribution is 2.29. The van der Waals surface area contributed by atoms with Crippen LogP contribution in [0.1, 0.15) is 6.92 Å². The average molecular weight is 334 g/mol. The van der Waals surface area contributed by atoms with E-state index in [0.29, 0.717) is 17.8 Å². The molecule has 22 heavy (non-hydrogen) atoms. The summed E-state index contributed by atoms with van der Waals surface area (Å²) in [5.74, 6) is -0.0463. The van der Waals surface area contributed by atoms with E-state index in [9.17, 15) is 18.0 Å². The summed E-state index contributed by atoms with van der Waals surface area (Å²) >= 11 is 6.08. The van der Waals surface area contributed by atoms with Crippen LogP contribution in [0.3, 0.4) is 0 Å². The summed E-state index contributed by atoms with van der Waals surface area (Å²) in [6, 6.07) is 5.03. The van der Waals surface area contributed by atoms with Crippen LogP contribution in [0, 0.1) is 0 Å². The first-order chi connectivity index (χ1) is 10.2. The highest BCUT2D eigenvalue weighted by molar-refractivity contribution is 6.28. The number of rotatable bonds is 4. The van der Waals surface area contributed by atoms with Crippen molar-refractivity contribution in [3.8, 4) is 5.75 Å². The van der Waals surface area contributed by atoms with Gasteiger partial charge in [0, 0.05) is 5.69 Å². The largest absolute Gasteiger partial charge is 0.573 e. The quantitative estimate of drug-likeness (QED) is 0.505. The molecule has 0 saturated heterocycles. The van der Waals surface area contributed by atoms with Crippen molar-refractivity contribution in [1.82, 2.24) is 5.32 Å². The Labute approximate surface area is 128 Å². The minimum atomic E-state index is -4.75. The number of hydrogen-bond acceptors (Lipinski definition) is 5. The smallest absolute Gasteiger partial charge is 0.406 e. The number of benzene rings is 1. The molecular weight excluding hydrogens is 323 g/mol. The van der Waals surface area contributed by atoms with E-state index in [1.54, 1.807) is 0 Å². The monoisotopic (exact) mass is 333 g/mol. The number of carbonyl (C=O) groups is 1. The van der Waals surface area contributed by atoms with E-state index in [1.165, 1.54) is 25.4 Å². The summed E-state index contributed by atoms with van der Waals surface area (Å²) < 4.78 is 40.0. The van der Waals surface area contributed by atoms with E-state index in [4.69, 9.17) is 11.6 Å². The minimum Gasteiger partial charge on any atom is -0.406 e. The molecule has 1 unspecified atom stereocenters. The lowest BCUT2D eigenvalue weighted by Crippen LogP contribution is -2.34. The molecule has 1 heterocycles. The predicted octanol–water partition coefficient (Wildman–Crippen LogP) is 2.99. The molecule has 0 spiro atoms. The first kappa shape index (κ1) is 16.2. The molecule has 1 aromatic carbocycles. The van der Waals surface area contributed by atoms with Gasteiger partial charge in [-0.1, -0.05) is 11.6 Å². The summed E-state index contributed by atoms with van der Waals surface area (Å²) in [7, 11) is 0. The van der Waals surface area contributed by atoms with Crippen LogP contribution in [-0.4, -0.2) is 24.0 Å². The van der Waals surface area contributed by atoms with Crippen LogP contribution in [0.4, 0.5) is 18.9 Å². The Morgan fingerprint density at radius 1 is 1.36 bits per heavy atom. The zero-order valence-corrected chi connectivity index (χ0v) is 12.0. The van der Waals surface area contributed by atoms with Crippen molar-refractivity contribution in [3.05, 3.63) is 35.7 Å². The molecule has 2 rings (SSSR count). The number of aldehydes is 1. The van der Waals surface area contributed by atoms with Gasteiger partial charge in [-0.2, -0.15) is 0 Å². The van der Waals surface area contributed by atoms with Crippen molar-refractivity contribution in [2.45, 2.75) is 18.3 Å². The molecule has 0 aromatic heterocycles. The molecular formula is C13H11ClF3N3O2. The van der Waals surface area contributed by atoms with Crippen molar-refractivity contribution < 1.29 is 22.7 Å². The van der Waals surface area contributed by atoms with Gasteiger partial charge in [0.05, 0.1) is 11.9 Å². The Balaban J connectivity index is 2.17. The van der Waals surface area contributed by atoms with Gasteiger partial charge >= 0.3 is 6.36 Å². The Bertz CT molecular complexity index is 624. The molecule has 0 bridgehead atoms. The minimum absolute atomic E-state index is 0.173. The first-order valence-corrected chi connectivity index (χ1v) is 6.41. The Hall–Kier alpha value is -2.22. The maximum Gasteiger partial charge on any atom is 0.573 e. The van der Waals surface area contributed by atoms with E-state index in [1.807, 2.05) is 0 Å². The highest BCUT2D eigenvalue weighted by atomic mass is 35.5. The third kappa shape index (κ3) is 3.91. The molecule has 2 N–H and O–H groups in total. The number of nitrogens with one attached hydrogen (secondary N) is 2. The fourth-order valence-electron chi connectivity index (χ4n) is 1.75. The number of halogens is 4. The molecule has 0 radical (unpaired) electrons. The SMILES string of the molecule is CC1(Cl)N=CNC(Nc2ccc(OC(F)(F)F)cc2)=C1C=O. The third-order valence-corrected chi connectivity index (χ3v) is 3.05. The van der Waals surface area contributed by atoms with Gasteiger partial charge < -0.3 is 15.4 Å².